The minimum Gasteiger partial charge on any atom is -0.397 e. The van der Waals surface area contributed by atoms with Crippen LogP contribution in [-0.2, 0) is 12.8 Å². The summed E-state index contributed by atoms with van der Waals surface area (Å²) in [5, 5.41) is 0.792. The Kier molecular flexibility index (Phi) is 6.75. The van der Waals surface area contributed by atoms with Crippen LogP contribution in [0.25, 0.3) is 0 Å². The van der Waals surface area contributed by atoms with E-state index in [2.05, 4.69) is 30.0 Å². The van der Waals surface area contributed by atoms with Crippen molar-refractivity contribution >= 4 is 23.0 Å². The molecule has 0 fully saturated rings. The predicted octanol–water partition coefficient (Wildman–Crippen LogP) is 4.00. The van der Waals surface area contributed by atoms with E-state index in [9.17, 15) is 0 Å². The Balaban J connectivity index is 1.87. The monoisotopic (exact) mass is 331 g/mol. The molecule has 2 rings (SSSR count). The van der Waals surface area contributed by atoms with Gasteiger partial charge in [0.25, 0.3) is 0 Å². The molecule has 4 heteroatoms. The predicted molar refractivity (Wildman–Crippen MR) is 101 cm³/mol. The summed E-state index contributed by atoms with van der Waals surface area (Å²) in [6.07, 6.45) is 3.19. The molecule has 0 aliphatic heterocycles. The summed E-state index contributed by atoms with van der Waals surface area (Å²) in [5.41, 5.74) is 15.5. The molecule has 4 N–H and O–H groups in total. The zero-order valence-corrected chi connectivity index (χ0v) is 14.5. The quantitative estimate of drug-likeness (QED) is 0.719. The van der Waals surface area contributed by atoms with Crippen LogP contribution in [0.1, 0.15) is 24.5 Å². The van der Waals surface area contributed by atoms with Crippen LogP contribution in [0.5, 0.6) is 0 Å². The van der Waals surface area contributed by atoms with Gasteiger partial charge in [-0.15, -0.1) is 0 Å². The van der Waals surface area contributed by atoms with Crippen molar-refractivity contribution in [1.29, 1.82) is 0 Å². The highest BCUT2D eigenvalue weighted by atomic mass is 35.5. The maximum atomic E-state index is 5.94. The first-order chi connectivity index (χ1) is 11.1. The first-order valence-electron chi connectivity index (χ1n) is 8.19. The number of anilines is 2. The molecule has 3 nitrogen and oxygen atoms in total. The lowest BCUT2D eigenvalue weighted by atomic mass is 10.1. The number of rotatable bonds is 8. The molecule has 0 unspecified atom stereocenters. The van der Waals surface area contributed by atoms with E-state index in [-0.39, 0.29) is 0 Å². The molecule has 124 valence electrons. The summed E-state index contributed by atoms with van der Waals surface area (Å²) in [6.45, 7) is 5.42. The Hall–Kier alpha value is -1.71. The number of nitrogen functional groups attached to an aromatic ring is 2. The summed E-state index contributed by atoms with van der Waals surface area (Å²) < 4.78 is 0. The molecule has 0 heterocycles. The van der Waals surface area contributed by atoms with Crippen molar-refractivity contribution in [2.75, 3.05) is 31.1 Å². The lowest BCUT2D eigenvalue weighted by Gasteiger charge is -2.22. The topological polar surface area (TPSA) is 55.3 Å². The molecule has 23 heavy (non-hydrogen) atoms. The summed E-state index contributed by atoms with van der Waals surface area (Å²) in [7, 11) is 0. The second kappa shape index (κ2) is 8.80. The van der Waals surface area contributed by atoms with Crippen LogP contribution in [0.2, 0.25) is 5.02 Å². The molecular weight excluding hydrogens is 306 g/mol. The van der Waals surface area contributed by atoms with Gasteiger partial charge in [-0.3, -0.25) is 0 Å². The van der Waals surface area contributed by atoms with Gasteiger partial charge in [-0.25, -0.2) is 0 Å². The molecule has 0 atom stereocenters. The number of halogens is 1. The Morgan fingerprint density at radius 3 is 2.04 bits per heavy atom. The van der Waals surface area contributed by atoms with E-state index in [0.29, 0.717) is 11.4 Å². The molecule has 0 spiro atoms. The SMILES string of the molecule is CCCN(CCc1ccc(Cl)cc1)CCc1ccc(N)c(N)c1. The van der Waals surface area contributed by atoms with E-state index in [1.54, 1.807) is 0 Å². The van der Waals surface area contributed by atoms with Crippen LogP contribution < -0.4 is 11.5 Å². The fourth-order valence-electron chi connectivity index (χ4n) is 2.66. The molecule has 0 aliphatic carbocycles. The van der Waals surface area contributed by atoms with Crippen LogP contribution in [-0.4, -0.2) is 24.5 Å². The standard InChI is InChI=1S/C19H26ClN3/c1-2-11-23(12-9-15-3-6-17(20)7-4-15)13-10-16-5-8-18(21)19(22)14-16/h3-8,14H,2,9-13,21-22H2,1H3. The number of benzene rings is 2. The van der Waals surface area contributed by atoms with Gasteiger partial charge in [-0.1, -0.05) is 36.7 Å². The molecule has 0 saturated heterocycles. The highest BCUT2D eigenvalue weighted by Crippen LogP contribution is 2.17. The van der Waals surface area contributed by atoms with Crippen molar-refractivity contribution in [1.82, 2.24) is 4.90 Å². The van der Waals surface area contributed by atoms with Crippen molar-refractivity contribution in [3.05, 3.63) is 58.6 Å². The van der Waals surface area contributed by atoms with Crippen molar-refractivity contribution in [3.8, 4) is 0 Å². The van der Waals surface area contributed by atoms with Crippen LogP contribution >= 0.6 is 11.6 Å². The number of hydrogen-bond donors (Lipinski definition) is 2. The fourth-order valence-corrected chi connectivity index (χ4v) is 2.78. The maximum Gasteiger partial charge on any atom is 0.0550 e. The smallest absolute Gasteiger partial charge is 0.0550 e. The van der Waals surface area contributed by atoms with Gasteiger partial charge in [0.15, 0.2) is 0 Å². The highest BCUT2D eigenvalue weighted by Gasteiger charge is 2.06. The van der Waals surface area contributed by atoms with Gasteiger partial charge in [0.05, 0.1) is 11.4 Å². The van der Waals surface area contributed by atoms with Crippen LogP contribution in [0.4, 0.5) is 11.4 Å². The van der Waals surface area contributed by atoms with Gasteiger partial charge < -0.3 is 16.4 Å². The minimum absolute atomic E-state index is 0.655. The summed E-state index contributed by atoms with van der Waals surface area (Å²) in [4.78, 5) is 2.50. The zero-order valence-electron chi connectivity index (χ0n) is 13.8. The second-order valence-electron chi connectivity index (χ2n) is 5.93. The van der Waals surface area contributed by atoms with E-state index in [0.717, 1.165) is 43.9 Å². The Morgan fingerprint density at radius 1 is 0.826 bits per heavy atom. The van der Waals surface area contributed by atoms with Gasteiger partial charge in [-0.2, -0.15) is 0 Å². The molecule has 0 aromatic heterocycles. The first-order valence-corrected chi connectivity index (χ1v) is 8.57. The van der Waals surface area contributed by atoms with Gasteiger partial charge in [0, 0.05) is 18.1 Å². The maximum absolute atomic E-state index is 5.94. The summed E-state index contributed by atoms with van der Waals surface area (Å²) in [5.74, 6) is 0. The van der Waals surface area contributed by atoms with Gasteiger partial charge in [0.2, 0.25) is 0 Å². The molecular formula is C19H26ClN3. The average molecular weight is 332 g/mol. The molecule has 2 aromatic carbocycles. The third kappa shape index (κ3) is 5.77. The van der Waals surface area contributed by atoms with Crippen LogP contribution in [0.3, 0.4) is 0 Å². The van der Waals surface area contributed by atoms with Gasteiger partial charge >= 0.3 is 0 Å². The second-order valence-corrected chi connectivity index (χ2v) is 6.37. The lowest BCUT2D eigenvalue weighted by molar-refractivity contribution is 0.281. The van der Waals surface area contributed by atoms with Crippen molar-refractivity contribution in [2.24, 2.45) is 0 Å². The Morgan fingerprint density at radius 2 is 1.43 bits per heavy atom. The molecule has 0 saturated carbocycles. The van der Waals surface area contributed by atoms with Crippen LogP contribution in [0.15, 0.2) is 42.5 Å². The normalized spacial score (nSPS) is 11.1. The average Bonchev–Trinajstić information content (AvgIpc) is 2.55. The van der Waals surface area contributed by atoms with E-state index >= 15 is 0 Å². The van der Waals surface area contributed by atoms with E-state index in [1.807, 2.05) is 24.3 Å². The van der Waals surface area contributed by atoms with Crippen molar-refractivity contribution in [3.63, 3.8) is 0 Å². The summed E-state index contributed by atoms with van der Waals surface area (Å²) in [6, 6.07) is 14.1. The summed E-state index contributed by atoms with van der Waals surface area (Å²) >= 11 is 5.94. The molecule has 0 bridgehead atoms. The zero-order chi connectivity index (χ0) is 16.7. The van der Waals surface area contributed by atoms with E-state index < -0.39 is 0 Å². The Bertz CT molecular complexity index is 611. The van der Waals surface area contributed by atoms with Gasteiger partial charge in [0.1, 0.15) is 0 Å². The fraction of sp³-hybridized carbons (Fsp3) is 0.368. The minimum atomic E-state index is 0.655. The number of hydrogen-bond acceptors (Lipinski definition) is 3. The third-order valence-electron chi connectivity index (χ3n) is 4.04. The largest absolute Gasteiger partial charge is 0.397 e. The molecule has 2 aromatic rings. The molecule has 0 radical (unpaired) electrons. The van der Waals surface area contributed by atoms with Crippen molar-refractivity contribution < 1.29 is 0 Å². The molecule has 0 amide bonds. The number of nitrogens with zero attached hydrogens (tertiary/aromatic N) is 1. The van der Waals surface area contributed by atoms with Crippen molar-refractivity contribution in [2.45, 2.75) is 26.2 Å². The van der Waals surface area contributed by atoms with Gasteiger partial charge in [-0.05, 0) is 61.2 Å². The van der Waals surface area contributed by atoms with E-state index in [4.69, 9.17) is 23.1 Å². The Labute approximate surface area is 144 Å². The first kappa shape index (κ1) is 17.6. The molecule has 0 aliphatic rings. The van der Waals surface area contributed by atoms with E-state index in [1.165, 1.54) is 11.1 Å². The number of nitrogens with two attached hydrogens (primary N) is 2. The van der Waals surface area contributed by atoms with Crippen LogP contribution in [0, 0.1) is 0 Å². The lowest BCUT2D eigenvalue weighted by Crippen LogP contribution is -2.29. The third-order valence-corrected chi connectivity index (χ3v) is 4.29. The highest BCUT2D eigenvalue weighted by molar-refractivity contribution is 6.30.